The molecule has 2 aromatic carbocycles. The number of ether oxygens (including phenoxy) is 2. The number of nitrogens with one attached hydrogen (secondary N) is 1. The summed E-state index contributed by atoms with van der Waals surface area (Å²) in [5, 5.41) is 0.676. The van der Waals surface area contributed by atoms with E-state index in [0.717, 1.165) is 11.1 Å². The van der Waals surface area contributed by atoms with Crippen molar-refractivity contribution in [2.75, 3.05) is 7.11 Å². The quantitative estimate of drug-likeness (QED) is 0.329. The summed E-state index contributed by atoms with van der Waals surface area (Å²) in [4.78, 5) is 11.2. The summed E-state index contributed by atoms with van der Waals surface area (Å²) in [5.41, 5.74) is 3.78. The predicted octanol–water partition coefficient (Wildman–Crippen LogP) is 3.69. The van der Waals surface area contributed by atoms with Crippen LogP contribution in [0, 0.1) is 0 Å². The highest BCUT2D eigenvalue weighted by Gasteiger charge is 2.11. The number of hydrogen-bond donors (Lipinski definition) is 2. The lowest BCUT2D eigenvalue weighted by Crippen LogP contribution is -2.27. The van der Waals surface area contributed by atoms with Crippen LogP contribution >= 0.6 is 27.5 Å². The van der Waals surface area contributed by atoms with E-state index in [0.29, 0.717) is 27.6 Å². The van der Waals surface area contributed by atoms with Gasteiger partial charge in [0.25, 0.3) is 5.91 Å². The molecule has 0 aliphatic rings. The van der Waals surface area contributed by atoms with Crippen molar-refractivity contribution in [3.63, 3.8) is 0 Å². The highest BCUT2D eigenvalue weighted by molar-refractivity contribution is 9.10. The fraction of sp³-hybridized carbons (Fsp3) is 0.118. The molecule has 0 spiro atoms. The average molecular weight is 412 g/mol. The van der Waals surface area contributed by atoms with Crippen LogP contribution in [0.3, 0.4) is 0 Å². The van der Waals surface area contributed by atoms with Crippen LogP contribution in [0.1, 0.15) is 11.1 Å². The minimum atomic E-state index is -0.395. The number of methoxy groups -OCH3 is 1. The Morgan fingerprint density at radius 1 is 1.33 bits per heavy atom. The molecule has 0 aliphatic carbocycles. The van der Waals surface area contributed by atoms with Crippen LogP contribution < -0.4 is 20.7 Å². The molecule has 2 aromatic rings. The van der Waals surface area contributed by atoms with E-state index in [1.807, 2.05) is 35.8 Å². The fourth-order valence-corrected chi connectivity index (χ4v) is 2.63. The van der Waals surface area contributed by atoms with Crippen LogP contribution in [0.15, 0.2) is 46.9 Å². The van der Waals surface area contributed by atoms with Crippen molar-refractivity contribution in [1.82, 2.24) is 5.43 Å². The van der Waals surface area contributed by atoms with Gasteiger partial charge in [-0.15, -0.1) is 0 Å². The summed E-state index contributed by atoms with van der Waals surface area (Å²) in [6.45, 7) is 0.372. The van der Waals surface area contributed by atoms with E-state index >= 15 is 0 Å². The number of carbonyl (C=O) groups excluding carboxylic acids is 1. The summed E-state index contributed by atoms with van der Waals surface area (Å²) in [7, 11) is 1.55. The van der Waals surface area contributed by atoms with Crippen LogP contribution in [-0.2, 0) is 11.4 Å². The second-order valence-corrected chi connectivity index (χ2v) is 6.08. The first-order chi connectivity index (χ1) is 11.5. The number of hydrazine groups is 1. The molecule has 24 heavy (non-hydrogen) atoms. The SMILES string of the molecule is COc1cc(/C=C/C(=O)NN)cc(Br)c1OCc1ccc(Cl)cc1. The van der Waals surface area contributed by atoms with Gasteiger partial charge in [0.1, 0.15) is 6.61 Å². The molecule has 5 nitrogen and oxygen atoms in total. The van der Waals surface area contributed by atoms with Gasteiger partial charge >= 0.3 is 0 Å². The lowest BCUT2D eigenvalue weighted by atomic mass is 10.2. The third-order valence-electron chi connectivity index (χ3n) is 3.12. The Morgan fingerprint density at radius 2 is 2.04 bits per heavy atom. The average Bonchev–Trinajstić information content (AvgIpc) is 2.59. The molecule has 0 radical (unpaired) electrons. The minimum Gasteiger partial charge on any atom is -0.493 e. The van der Waals surface area contributed by atoms with Crippen LogP contribution in [0.4, 0.5) is 0 Å². The van der Waals surface area contributed by atoms with Crippen molar-refractivity contribution in [3.05, 3.63) is 63.1 Å². The standard InChI is InChI=1S/C17H16BrClN2O3/c1-23-15-9-12(4-7-16(22)21-20)8-14(18)17(15)24-10-11-2-5-13(19)6-3-11/h2-9H,10,20H2,1H3,(H,21,22)/b7-4+. The maximum atomic E-state index is 11.2. The minimum absolute atomic E-state index is 0.372. The number of hydrogen-bond acceptors (Lipinski definition) is 4. The Kier molecular flexibility index (Phi) is 6.66. The van der Waals surface area contributed by atoms with Crippen LogP contribution in [0.25, 0.3) is 6.08 Å². The van der Waals surface area contributed by atoms with E-state index in [2.05, 4.69) is 15.9 Å². The normalized spacial score (nSPS) is 10.7. The predicted molar refractivity (Wildman–Crippen MR) is 97.8 cm³/mol. The smallest absolute Gasteiger partial charge is 0.257 e. The Bertz CT molecular complexity index is 748. The molecule has 0 aliphatic heterocycles. The highest BCUT2D eigenvalue weighted by atomic mass is 79.9. The van der Waals surface area contributed by atoms with Gasteiger partial charge in [-0.3, -0.25) is 10.2 Å². The third-order valence-corrected chi connectivity index (χ3v) is 3.96. The molecule has 0 saturated heterocycles. The Balaban J connectivity index is 2.18. The molecule has 2 rings (SSSR count). The Labute approximate surface area is 153 Å². The summed E-state index contributed by atoms with van der Waals surface area (Å²) < 4.78 is 11.9. The number of carbonyl (C=O) groups is 1. The zero-order valence-electron chi connectivity index (χ0n) is 12.9. The second-order valence-electron chi connectivity index (χ2n) is 4.79. The maximum Gasteiger partial charge on any atom is 0.257 e. The molecular formula is C17H16BrClN2O3. The van der Waals surface area contributed by atoms with Crippen molar-refractivity contribution in [2.45, 2.75) is 6.61 Å². The van der Waals surface area contributed by atoms with Gasteiger partial charge in [-0.2, -0.15) is 0 Å². The van der Waals surface area contributed by atoms with Gasteiger partial charge in [0.05, 0.1) is 11.6 Å². The van der Waals surface area contributed by atoms with Gasteiger partial charge in [0.2, 0.25) is 0 Å². The molecule has 3 N–H and O–H groups in total. The summed E-state index contributed by atoms with van der Waals surface area (Å²) in [6.07, 6.45) is 2.95. The van der Waals surface area contributed by atoms with Crippen LogP contribution in [-0.4, -0.2) is 13.0 Å². The molecular weight excluding hydrogens is 396 g/mol. The molecule has 0 aromatic heterocycles. The molecule has 126 valence electrons. The van der Waals surface area contributed by atoms with Gasteiger partial charge in [0.15, 0.2) is 11.5 Å². The van der Waals surface area contributed by atoms with Crippen molar-refractivity contribution in [1.29, 1.82) is 0 Å². The zero-order chi connectivity index (χ0) is 17.5. The largest absolute Gasteiger partial charge is 0.493 e. The van der Waals surface area contributed by atoms with Gasteiger partial charge in [-0.1, -0.05) is 23.7 Å². The number of halogens is 2. The van der Waals surface area contributed by atoms with Gasteiger partial charge in [0, 0.05) is 11.1 Å². The molecule has 0 saturated carbocycles. The maximum absolute atomic E-state index is 11.2. The van der Waals surface area contributed by atoms with Crippen LogP contribution in [0.5, 0.6) is 11.5 Å². The van der Waals surface area contributed by atoms with E-state index in [1.165, 1.54) is 6.08 Å². The highest BCUT2D eigenvalue weighted by Crippen LogP contribution is 2.37. The molecule has 0 heterocycles. The van der Waals surface area contributed by atoms with Crippen molar-refractivity contribution in [2.24, 2.45) is 5.84 Å². The van der Waals surface area contributed by atoms with Gasteiger partial charge < -0.3 is 9.47 Å². The number of nitrogens with two attached hydrogens (primary N) is 1. The van der Waals surface area contributed by atoms with Crippen molar-refractivity contribution < 1.29 is 14.3 Å². The zero-order valence-corrected chi connectivity index (χ0v) is 15.2. The van der Waals surface area contributed by atoms with Gasteiger partial charge in [-0.05, 0) is 57.4 Å². The topological polar surface area (TPSA) is 73.6 Å². The lowest BCUT2D eigenvalue weighted by molar-refractivity contribution is -0.116. The number of amides is 1. The first-order valence-corrected chi connectivity index (χ1v) is 8.14. The van der Waals surface area contributed by atoms with Crippen LogP contribution in [0.2, 0.25) is 5.02 Å². The first-order valence-electron chi connectivity index (χ1n) is 6.97. The summed E-state index contributed by atoms with van der Waals surface area (Å²) in [5.74, 6) is 5.77. The monoisotopic (exact) mass is 410 g/mol. The molecule has 0 fully saturated rings. The van der Waals surface area contributed by atoms with E-state index in [9.17, 15) is 4.79 Å². The van der Waals surface area contributed by atoms with Crippen molar-refractivity contribution in [3.8, 4) is 11.5 Å². The Morgan fingerprint density at radius 3 is 2.67 bits per heavy atom. The summed E-state index contributed by atoms with van der Waals surface area (Å²) >= 11 is 9.33. The molecule has 0 unspecified atom stereocenters. The molecule has 0 bridgehead atoms. The van der Waals surface area contributed by atoms with Crippen molar-refractivity contribution >= 4 is 39.5 Å². The molecule has 0 atom stereocenters. The van der Waals surface area contributed by atoms with Gasteiger partial charge in [-0.25, -0.2) is 5.84 Å². The number of benzene rings is 2. The van der Waals surface area contributed by atoms with E-state index in [-0.39, 0.29) is 0 Å². The number of rotatable bonds is 6. The van der Waals surface area contributed by atoms with E-state index in [4.69, 9.17) is 26.9 Å². The van der Waals surface area contributed by atoms with E-state index in [1.54, 1.807) is 19.3 Å². The first kappa shape index (κ1) is 18.3. The lowest BCUT2D eigenvalue weighted by Gasteiger charge is -2.13. The second kappa shape index (κ2) is 8.73. The molecule has 7 heteroatoms. The third kappa shape index (κ3) is 4.99. The van der Waals surface area contributed by atoms with E-state index < -0.39 is 5.91 Å². The summed E-state index contributed by atoms with van der Waals surface area (Å²) in [6, 6.07) is 11.0. The fourth-order valence-electron chi connectivity index (χ4n) is 1.93. The Hall–Kier alpha value is -2.02. The molecule has 1 amide bonds.